The lowest BCUT2D eigenvalue weighted by molar-refractivity contribution is 0.602. The highest BCUT2D eigenvalue weighted by Crippen LogP contribution is 2.36. The van der Waals surface area contributed by atoms with Crippen LogP contribution in [0.2, 0.25) is 0 Å². The van der Waals surface area contributed by atoms with Crippen LogP contribution >= 0.6 is 0 Å². The van der Waals surface area contributed by atoms with E-state index in [-0.39, 0.29) is 4.90 Å². The maximum absolute atomic E-state index is 13.7. The summed E-state index contributed by atoms with van der Waals surface area (Å²) in [4.78, 5) is 2.50. The highest BCUT2D eigenvalue weighted by atomic mass is 32.2. The van der Waals surface area contributed by atoms with Crippen LogP contribution in [0, 0.1) is 0 Å². The van der Waals surface area contributed by atoms with E-state index in [1.54, 1.807) is 12.1 Å². The fourth-order valence-corrected chi connectivity index (χ4v) is 6.17. The second-order valence-corrected chi connectivity index (χ2v) is 10.7. The van der Waals surface area contributed by atoms with E-state index in [0.29, 0.717) is 11.1 Å². The molecule has 0 unspecified atom stereocenters. The first kappa shape index (κ1) is 22.4. The second-order valence-electron chi connectivity index (χ2n) is 9.04. The van der Waals surface area contributed by atoms with Gasteiger partial charge in [-0.05, 0) is 48.1 Å². The van der Waals surface area contributed by atoms with E-state index in [2.05, 4.69) is 19.8 Å². The summed E-state index contributed by atoms with van der Waals surface area (Å²) in [5, 5.41) is 10.1. The van der Waals surface area contributed by atoms with Gasteiger partial charge < -0.3 is 4.90 Å². The Bertz CT molecular complexity index is 1680. The van der Waals surface area contributed by atoms with E-state index in [1.807, 2.05) is 84.9 Å². The third-order valence-corrected chi connectivity index (χ3v) is 8.10. The summed E-state index contributed by atoms with van der Waals surface area (Å²) in [5.41, 5.74) is 4.13. The number of rotatable bonds is 6. The average molecular weight is 495 g/mol. The van der Waals surface area contributed by atoms with Gasteiger partial charge in [0.25, 0.3) is 10.0 Å². The lowest BCUT2D eigenvalue weighted by atomic mass is 10.1. The summed E-state index contributed by atoms with van der Waals surface area (Å²) >= 11 is 0. The molecule has 2 heterocycles. The van der Waals surface area contributed by atoms with Crippen LogP contribution in [-0.2, 0) is 10.0 Å². The summed E-state index contributed by atoms with van der Waals surface area (Å²) in [6.45, 7) is 1.78. The number of benzene rings is 4. The molecule has 0 atom stereocenters. The van der Waals surface area contributed by atoms with Crippen molar-refractivity contribution in [2.75, 3.05) is 22.7 Å². The van der Waals surface area contributed by atoms with Crippen LogP contribution in [0.5, 0.6) is 0 Å². The Morgan fingerprint density at radius 1 is 0.833 bits per heavy atom. The molecule has 7 heteroatoms. The van der Waals surface area contributed by atoms with Gasteiger partial charge >= 0.3 is 0 Å². The van der Waals surface area contributed by atoms with Gasteiger partial charge in [-0.1, -0.05) is 72.8 Å². The maximum Gasteiger partial charge on any atom is 0.262 e. The molecule has 0 spiro atoms. The van der Waals surface area contributed by atoms with Crippen molar-refractivity contribution in [3.8, 4) is 0 Å². The largest absolute Gasteiger partial charge is 0.370 e. The SMILES string of the molecule is O=S(=O)(Nc1cc2c(/C=C/c3ccccc3)n[nH]c2cc1N1CCCC1)c1cccc2ccccc12. The van der Waals surface area contributed by atoms with Gasteiger partial charge in [-0.15, -0.1) is 0 Å². The summed E-state index contributed by atoms with van der Waals surface area (Å²) < 4.78 is 30.3. The lowest BCUT2D eigenvalue weighted by Gasteiger charge is -2.22. The highest BCUT2D eigenvalue weighted by Gasteiger charge is 2.23. The third-order valence-electron chi connectivity index (χ3n) is 6.67. The fraction of sp³-hybridized carbons (Fsp3) is 0.138. The second kappa shape index (κ2) is 9.17. The molecule has 0 radical (unpaired) electrons. The molecule has 0 aliphatic carbocycles. The number of nitrogens with one attached hydrogen (secondary N) is 2. The first-order valence-electron chi connectivity index (χ1n) is 12.1. The molecule has 1 aliphatic rings. The fourth-order valence-electron chi connectivity index (χ4n) is 4.87. The van der Waals surface area contributed by atoms with E-state index in [0.717, 1.165) is 59.2 Å². The summed E-state index contributed by atoms with van der Waals surface area (Å²) in [6, 6.07) is 26.8. The molecule has 0 amide bonds. The molecule has 2 N–H and O–H groups in total. The van der Waals surface area contributed by atoms with Crippen molar-refractivity contribution < 1.29 is 8.42 Å². The number of H-pyrrole nitrogens is 1. The Morgan fingerprint density at radius 3 is 2.42 bits per heavy atom. The van der Waals surface area contributed by atoms with Gasteiger partial charge in [-0.2, -0.15) is 5.10 Å². The molecule has 0 bridgehead atoms. The van der Waals surface area contributed by atoms with Crippen molar-refractivity contribution >= 4 is 55.2 Å². The van der Waals surface area contributed by atoms with E-state index >= 15 is 0 Å². The predicted octanol–water partition coefficient (Wildman–Crippen LogP) is 6.29. The van der Waals surface area contributed by atoms with Crippen LogP contribution in [0.1, 0.15) is 24.1 Å². The molecule has 6 nitrogen and oxygen atoms in total. The van der Waals surface area contributed by atoms with E-state index in [1.165, 1.54) is 0 Å². The third kappa shape index (κ3) is 4.22. The first-order chi connectivity index (χ1) is 17.6. The van der Waals surface area contributed by atoms with Crippen molar-refractivity contribution in [1.82, 2.24) is 10.2 Å². The number of nitrogens with zero attached hydrogens (tertiary/aromatic N) is 2. The Balaban J connectivity index is 1.45. The molecule has 1 saturated heterocycles. The molecule has 4 aromatic carbocycles. The normalized spacial score (nSPS) is 14.3. The minimum atomic E-state index is -3.84. The van der Waals surface area contributed by atoms with Gasteiger partial charge in [-0.25, -0.2) is 8.42 Å². The van der Waals surface area contributed by atoms with Crippen LogP contribution in [0.25, 0.3) is 33.8 Å². The quantitative estimate of drug-likeness (QED) is 0.291. The molecule has 1 aliphatic heterocycles. The summed E-state index contributed by atoms with van der Waals surface area (Å²) in [7, 11) is -3.84. The summed E-state index contributed by atoms with van der Waals surface area (Å²) in [6.07, 6.45) is 6.12. The topological polar surface area (TPSA) is 78.1 Å². The monoisotopic (exact) mass is 494 g/mol. The number of fused-ring (bicyclic) bond motifs is 2. The van der Waals surface area contributed by atoms with Gasteiger partial charge in [0.2, 0.25) is 0 Å². The Labute approximate surface area is 210 Å². The van der Waals surface area contributed by atoms with Crippen molar-refractivity contribution in [3.63, 3.8) is 0 Å². The zero-order valence-corrected chi connectivity index (χ0v) is 20.5. The van der Waals surface area contributed by atoms with Crippen LogP contribution in [0.15, 0.2) is 89.8 Å². The van der Waals surface area contributed by atoms with E-state index in [4.69, 9.17) is 0 Å². The number of hydrogen-bond donors (Lipinski definition) is 2. The molecule has 1 fully saturated rings. The van der Waals surface area contributed by atoms with Crippen molar-refractivity contribution in [2.24, 2.45) is 0 Å². The van der Waals surface area contributed by atoms with Crippen LogP contribution in [0.4, 0.5) is 11.4 Å². The molecular formula is C29H26N4O2S. The number of hydrogen-bond acceptors (Lipinski definition) is 4. The minimum Gasteiger partial charge on any atom is -0.370 e. The van der Waals surface area contributed by atoms with Crippen molar-refractivity contribution in [3.05, 3.63) is 96.2 Å². The first-order valence-corrected chi connectivity index (χ1v) is 13.6. The van der Waals surface area contributed by atoms with Gasteiger partial charge in [-0.3, -0.25) is 9.82 Å². The minimum absolute atomic E-state index is 0.268. The zero-order valence-electron chi connectivity index (χ0n) is 19.7. The van der Waals surface area contributed by atoms with Gasteiger partial charge in [0.05, 0.1) is 27.5 Å². The van der Waals surface area contributed by atoms with Gasteiger partial charge in [0, 0.05) is 23.9 Å². The zero-order chi connectivity index (χ0) is 24.5. The summed E-state index contributed by atoms with van der Waals surface area (Å²) in [5.74, 6) is 0. The van der Waals surface area contributed by atoms with Gasteiger partial charge in [0.1, 0.15) is 0 Å². The molecule has 6 rings (SSSR count). The molecule has 36 heavy (non-hydrogen) atoms. The molecular weight excluding hydrogens is 468 g/mol. The Hall–Kier alpha value is -4.10. The number of sulfonamides is 1. The predicted molar refractivity (Wildman–Crippen MR) is 148 cm³/mol. The van der Waals surface area contributed by atoms with Gasteiger partial charge in [0.15, 0.2) is 0 Å². The molecule has 180 valence electrons. The standard InChI is InChI=1S/C29H26N4O2S/c34-36(35,29-14-8-12-22-11-4-5-13-23(22)29)32-27-19-24-25(16-15-21-9-2-1-3-10-21)30-31-26(24)20-28(27)33-17-6-7-18-33/h1-5,8-16,19-20,32H,6-7,17-18H2,(H,30,31)/b16-15+. The number of anilines is 2. The number of aromatic amines is 1. The highest BCUT2D eigenvalue weighted by molar-refractivity contribution is 7.93. The van der Waals surface area contributed by atoms with E-state index < -0.39 is 10.0 Å². The number of aromatic nitrogens is 2. The van der Waals surface area contributed by atoms with Crippen molar-refractivity contribution in [2.45, 2.75) is 17.7 Å². The van der Waals surface area contributed by atoms with Crippen LogP contribution in [-0.4, -0.2) is 31.7 Å². The molecule has 1 aromatic heterocycles. The van der Waals surface area contributed by atoms with Crippen LogP contribution in [0.3, 0.4) is 0 Å². The van der Waals surface area contributed by atoms with E-state index in [9.17, 15) is 8.42 Å². The Morgan fingerprint density at radius 2 is 1.58 bits per heavy atom. The van der Waals surface area contributed by atoms with Crippen LogP contribution < -0.4 is 9.62 Å². The lowest BCUT2D eigenvalue weighted by Crippen LogP contribution is -2.21. The molecule has 5 aromatic rings. The Kier molecular flexibility index (Phi) is 5.70. The molecule has 0 saturated carbocycles. The van der Waals surface area contributed by atoms with Crippen molar-refractivity contribution in [1.29, 1.82) is 0 Å². The smallest absolute Gasteiger partial charge is 0.262 e. The maximum atomic E-state index is 13.7. The average Bonchev–Trinajstić information content (AvgIpc) is 3.57.